The minimum Gasteiger partial charge on any atom is -0.310 e. The Labute approximate surface area is 137 Å². The molecular weight excluding hydrogens is 314 g/mol. The van der Waals surface area contributed by atoms with Crippen molar-refractivity contribution in [1.29, 1.82) is 0 Å². The van der Waals surface area contributed by atoms with Crippen molar-refractivity contribution in [2.75, 3.05) is 6.26 Å². The van der Waals surface area contributed by atoms with Gasteiger partial charge in [-0.2, -0.15) is 5.10 Å². The summed E-state index contributed by atoms with van der Waals surface area (Å²) in [6.45, 7) is 5.71. The Morgan fingerprint density at radius 1 is 1.17 bits per heavy atom. The zero-order valence-corrected chi connectivity index (χ0v) is 14.6. The molecule has 23 heavy (non-hydrogen) atoms. The molecule has 3 aromatic heterocycles. The number of thioether (sulfide) groups is 1. The smallest absolute Gasteiger partial charge is 0.310 e. The average molecular weight is 333 g/mol. The average Bonchev–Trinajstić information content (AvgIpc) is 2.92. The van der Waals surface area contributed by atoms with E-state index in [1.54, 1.807) is 37.3 Å². The lowest BCUT2D eigenvalue weighted by Crippen LogP contribution is -2.35. The highest BCUT2D eigenvalue weighted by Gasteiger charge is 2.16. The van der Waals surface area contributed by atoms with E-state index in [0.29, 0.717) is 21.8 Å². The molecule has 3 heterocycles. The van der Waals surface area contributed by atoms with Gasteiger partial charge in [0.05, 0.1) is 28.5 Å². The van der Waals surface area contributed by atoms with E-state index in [0.717, 1.165) is 9.95 Å². The minimum absolute atomic E-state index is 0.348. The predicted octanol–water partition coefficient (Wildman–Crippen LogP) is 1.86. The van der Waals surface area contributed by atoms with E-state index in [1.807, 2.05) is 13.8 Å². The van der Waals surface area contributed by atoms with Crippen LogP contribution in [0.2, 0.25) is 0 Å². The zero-order chi connectivity index (χ0) is 17.1. The van der Waals surface area contributed by atoms with Gasteiger partial charge in [0.2, 0.25) is 0 Å². The van der Waals surface area contributed by atoms with Gasteiger partial charge >= 0.3 is 5.69 Å². The molecule has 1 N–H and O–H groups in total. The number of H-pyrrole nitrogens is 1. The Balaban J connectivity index is 0.000000924. The van der Waals surface area contributed by atoms with Crippen LogP contribution in [0, 0.1) is 6.92 Å². The van der Waals surface area contributed by atoms with E-state index < -0.39 is 5.69 Å². The monoisotopic (exact) mass is 333 g/mol. The Morgan fingerprint density at radius 3 is 2.52 bits per heavy atom. The molecule has 0 atom stereocenters. The van der Waals surface area contributed by atoms with E-state index in [4.69, 9.17) is 0 Å². The van der Waals surface area contributed by atoms with Gasteiger partial charge in [0.1, 0.15) is 0 Å². The van der Waals surface area contributed by atoms with E-state index in [2.05, 4.69) is 15.1 Å². The largest absolute Gasteiger partial charge is 0.333 e. The molecule has 0 aliphatic heterocycles. The van der Waals surface area contributed by atoms with Crippen molar-refractivity contribution in [3.63, 3.8) is 0 Å². The van der Waals surface area contributed by atoms with Crippen molar-refractivity contribution >= 4 is 22.7 Å². The number of aromatic amines is 1. The van der Waals surface area contributed by atoms with E-state index in [-0.39, 0.29) is 5.56 Å². The number of nitrogens with one attached hydrogen (secondary N) is 1. The molecular formula is C15H19N5O2S. The molecule has 0 fully saturated rings. The lowest BCUT2D eigenvalue weighted by Gasteiger charge is -2.09. The number of fused-ring (bicyclic) bond motifs is 1. The van der Waals surface area contributed by atoms with Crippen LogP contribution in [-0.2, 0) is 7.05 Å². The molecule has 0 bridgehead atoms. The van der Waals surface area contributed by atoms with Crippen LogP contribution in [0.1, 0.15) is 19.5 Å². The molecule has 122 valence electrons. The maximum absolute atomic E-state index is 12.6. The van der Waals surface area contributed by atoms with Crippen molar-refractivity contribution in [3.05, 3.63) is 45.1 Å². The summed E-state index contributed by atoms with van der Waals surface area (Å²) in [5.41, 5.74) is 0.853. The van der Waals surface area contributed by atoms with Gasteiger partial charge in [-0.25, -0.2) is 9.36 Å². The van der Waals surface area contributed by atoms with Crippen molar-refractivity contribution in [3.8, 4) is 5.69 Å². The number of nitrogens with zero attached hydrogens (tertiary/aromatic N) is 4. The maximum atomic E-state index is 12.6. The molecule has 0 saturated carbocycles. The fourth-order valence-corrected chi connectivity index (χ4v) is 2.99. The lowest BCUT2D eigenvalue weighted by atomic mass is 10.3. The van der Waals surface area contributed by atoms with Crippen molar-refractivity contribution < 1.29 is 0 Å². The minimum atomic E-state index is -0.481. The molecule has 7 nitrogen and oxygen atoms in total. The first-order valence-corrected chi connectivity index (χ1v) is 8.43. The summed E-state index contributed by atoms with van der Waals surface area (Å²) in [6.07, 6.45) is 6.60. The van der Waals surface area contributed by atoms with E-state index >= 15 is 0 Å². The van der Waals surface area contributed by atoms with Crippen LogP contribution in [0.15, 0.2) is 33.1 Å². The normalized spacial score (nSPS) is 10.5. The molecule has 0 amide bonds. The molecule has 0 saturated heterocycles. The first-order valence-electron chi connectivity index (χ1n) is 7.20. The topological polar surface area (TPSA) is 85.6 Å². The Hall–Kier alpha value is -2.35. The van der Waals surface area contributed by atoms with Crippen LogP contribution in [-0.4, -0.2) is 30.6 Å². The number of aryl methyl sites for hydroxylation is 2. The number of hydrogen-bond donors (Lipinski definition) is 1. The molecule has 0 spiro atoms. The summed E-state index contributed by atoms with van der Waals surface area (Å²) in [5.74, 6) is 0. The fraction of sp³-hybridized carbons (Fsp3) is 0.333. The summed E-state index contributed by atoms with van der Waals surface area (Å²) >= 11 is 1.30. The standard InChI is InChI=1S/C13H13N5O2S.C2H6/c1-7-11(21-3)12(19)18(13(20)16-7)9-6-14-4-8-5-15-17(2)10(8)9;1-2/h4-6H,1-3H3,(H,16,20);1-2H3. The highest BCUT2D eigenvalue weighted by atomic mass is 32.2. The predicted molar refractivity (Wildman–Crippen MR) is 92.6 cm³/mol. The van der Waals surface area contributed by atoms with Crippen LogP contribution in [0.3, 0.4) is 0 Å². The highest BCUT2D eigenvalue weighted by molar-refractivity contribution is 7.98. The van der Waals surface area contributed by atoms with Crippen LogP contribution in [0.5, 0.6) is 0 Å². The number of pyridine rings is 1. The van der Waals surface area contributed by atoms with Gasteiger partial charge in [-0.15, -0.1) is 11.8 Å². The number of aromatic nitrogens is 5. The second-order valence-electron chi connectivity index (χ2n) is 4.59. The van der Waals surface area contributed by atoms with Gasteiger partial charge in [0, 0.05) is 24.3 Å². The van der Waals surface area contributed by atoms with Crippen molar-refractivity contribution in [2.24, 2.45) is 7.05 Å². The first-order chi connectivity index (χ1) is 11.0. The summed E-state index contributed by atoms with van der Waals surface area (Å²) in [5, 5.41) is 4.92. The molecule has 0 radical (unpaired) electrons. The van der Waals surface area contributed by atoms with E-state index in [1.165, 1.54) is 18.0 Å². The molecule has 0 aromatic carbocycles. The Bertz CT molecular complexity index is 955. The SMILES string of the molecule is CC.CSc1c(C)[nH]c(=O)n(-c2cncc3cnn(C)c23)c1=O. The first kappa shape index (κ1) is 17.0. The van der Waals surface area contributed by atoms with Gasteiger partial charge in [-0.3, -0.25) is 14.5 Å². The lowest BCUT2D eigenvalue weighted by molar-refractivity contribution is 0.776. The molecule has 0 unspecified atom stereocenters. The fourth-order valence-electron chi connectivity index (χ4n) is 2.36. The summed E-state index contributed by atoms with van der Waals surface area (Å²) < 4.78 is 2.73. The van der Waals surface area contributed by atoms with Crippen LogP contribution < -0.4 is 11.2 Å². The summed E-state index contributed by atoms with van der Waals surface area (Å²) in [4.78, 5) is 32.1. The maximum Gasteiger partial charge on any atom is 0.333 e. The highest BCUT2D eigenvalue weighted by Crippen LogP contribution is 2.19. The van der Waals surface area contributed by atoms with Gasteiger partial charge in [-0.05, 0) is 13.2 Å². The molecule has 0 aliphatic carbocycles. The van der Waals surface area contributed by atoms with Gasteiger partial charge in [0.15, 0.2) is 0 Å². The van der Waals surface area contributed by atoms with Gasteiger partial charge in [-0.1, -0.05) is 13.8 Å². The summed E-state index contributed by atoms with van der Waals surface area (Å²) in [6, 6.07) is 0. The zero-order valence-electron chi connectivity index (χ0n) is 13.7. The molecule has 0 aliphatic rings. The second kappa shape index (κ2) is 6.82. The third-order valence-corrected chi connectivity index (χ3v) is 4.19. The van der Waals surface area contributed by atoms with Crippen LogP contribution in [0.4, 0.5) is 0 Å². The van der Waals surface area contributed by atoms with Gasteiger partial charge in [0.25, 0.3) is 5.56 Å². The van der Waals surface area contributed by atoms with Crippen LogP contribution in [0.25, 0.3) is 16.6 Å². The van der Waals surface area contributed by atoms with E-state index in [9.17, 15) is 9.59 Å². The summed E-state index contributed by atoms with van der Waals surface area (Å²) in [7, 11) is 1.76. The molecule has 3 aromatic rings. The van der Waals surface area contributed by atoms with Crippen molar-refractivity contribution in [1.82, 2.24) is 24.3 Å². The van der Waals surface area contributed by atoms with Crippen LogP contribution >= 0.6 is 11.8 Å². The third-order valence-electron chi connectivity index (χ3n) is 3.30. The Kier molecular flexibility index (Phi) is 5.05. The number of hydrogen-bond acceptors (Lipinski definition) is 5. The quantitative estimate of drug-likeness (QED) is 0.724. The second-order valence-corrected chi connectivity index (χ2v) is 5.41. The molecule has 3 rings (SSSR count). The van der Waals surface area contributed by atoms with Crippen molar-refractivity contribution in [2.45, 2.75) is 25.7 Å². The molecule has 8 heteroatoms. The van der Waals surface area contributed by atoms with Gasteiger partial charge < -0.3 is 4.98 Å². The number of rotatable bonds is 2. The Morgan fingerprint density at radius 2 is 1.87 bits per heavy atom. The third kappa shape index (κ3) is 2.81.